The summed E-state index contributed by atoms with van der Waals surface area (Å²) >= 11 is 0. The number of ether oxygens (including phenoxy) is 6. The highest BCUT2D eigenvalue weighted by Gasteiger charge is 2.40. The number of nitrogens with zero attached hydrogens (tertiary/aromatic N) is 4. The minimum absolute atomic E-state index is 0.0266. The number of hydrogen-bond acceptors (Lipinski definition) is 16. The summed E-state index contributed by atoms with van der Waals surface area (Å²) in [5, 5.41) is 20.4. The number of aromatic nitrogens is 2. The first-order valence-corrected chi connectivity index (χ1v) is 26.7. The number of carboxylic acid groups (broad SMARTS) is 1. The third kappa shape index (κ3) is 19.9. The Labute approximate surface area is 434 Å². The third-order valence-corrected chi connectivity index (χ3v) is 12.6. The summed E-state index contributed by atoms with van der Waals surface area (Å²) in [7, 11) is -3.36. The van der Waals surface area contributed by atoms with Crippen LogP contribution in [0.25, 0.3) is 11.3 Å². The van der Waals surface area contributed by atoms with Crippen LogP contribution in [0.1, 0.15) is 78.7 Å². The van der Waals surface area contributed by atoms with Gasteiger partial charge < -0.3 is 59.7 Å². The predicted octanol–water partition coefficient (Wildman–Crippen LogP) is 4.90. The number of carbonyl (C=O) groups excluding carboxylic acids is 5. The molecule has 2 aliphatic heterocycles. The fourth-order valence-corrected chi connectivity index (χ4v) is 9.12. The minimum Gasteiger partial charge on any atom is -0.494 e. The van der Waals surface area contributed by atoms with E-state index < -0.39 is 93.1 Å². The van der Waals surface area contributed by atoms with Crippen LogP contribution in [0.15, 0.2) is 47.0 Å². The van der Waals surface area contributed by atoms with Crippen molar-refractivity contribution >= 4 is 57.1 Å². The summed E-state index contributed by atoms with van der Waals surface area (Å²) < 4.78 is 80.9. The smallest absolute Gasteiger partial charge is 0.407 e. The zero-order valence-corrected chi connectivity index (χ0v) is 43.9. The third-order valence-electron chi connectivity index (χ3n) is 11.2. The van der Waals surface area contributed by atoms with Gasteiger partial charge in [-0.25, -0.2) is 27.8 Å². The number of aliphatic carboxylic acids is 1. The van der Waals surface area contributed by atoms with Crippen LogP contribution in [-0.4, -0.2) is 156 Å². The highest BCUT2D eigenvalue weighted by atomic mass is 32.2. The SMILES string of the molecule is CC(C)[C@H](NC(=O)[C@@H]1CCCN1C(=O)[C@H](CC(=O)O)NC(=O)CCOCCOCCOCCNC(=O)OC(C)(C)C)C(=O)N=[S@](C)(=O)Cc1cc2cc(c1)OCCCCOc1cc(F)ccc1-c1nc(ncc1F)N2. The number of fused-ring (bicyclic) bond motifs is 6. The Kier molecular flexibility index (Phi) is 22.4. The average molecular weight is 1080 g/mol. The number of amides is 5. The lowest BCUT2D eigenvalue weighted by Gasteiger charge is -2.29. The lowest BCUT2D eigenvalue weighted by atomic mass is 10.0. The van der Waals surface area contributed by atoms with Crippen LogP contribution in [0.2, 0.25) is 0 Å². The molecule has 4 bridgehead atoms. The number of hydrogen-bond donors (Lipinski definition) is 5. The van der Waals surface area contributed by atoms with Crippen molar-refractivity contribution in [2.45, 2.75) is 103 Å². The molecule has 0 spiro atoms. The van der Waals surface area contributed by atoms with Crippen molar-refractivity contribution in [2.24, 2.45) is 10.3 Å². The van der Waals surface area contributed by atoms with Gasteiger partial charge in [0.1, 0.15) is 46.7 Å². The van der Waals surface area contributed by atoms with Gasteiger partial charge in [0.25, 0.3) is 5.91 Å². The molecule has 2 aromatic carbocycles. The summed E-state index contributed by atoms with van der Waals surface area (Å²) in [6.07, 6.45) is 2.33. The van der Waals surface area contributed by atoms with E-state index in [0.717, 1.165) is 12.3 Å². The van der Waals surface area contributed by atoms with Gasteiger partial charge in [0.15, 0.2) is 5.82 Å². The Balaban J connectivity index is 1.15. The summed E-state index contributed by atoms with van der Waals surface area (Å²) in [4.78, 5) is 87.5. The van der Waals surface area contributed by atoms with Crippen molar-refractivity contribution < 1.29 is 75.3 Å². The maximum absolute atomic E-state index is 15.1. The van der Waals surface area contributed by atoms with E-state index in [0.29, 0.717) is 36.3 Å². The van der Waals surface area contributed by atoms with Crippen LogP contribution in [0.3, 0.4) is 0 Å². The van der Waals surface area contributed by atoms with Crippen molar-refractivity contribution in [1.29, 1.82) is 0 Å². The van der Waals surface area contributed by atoms with Gasteiger partial charge in [-0.2, -0.15) is 4.36 Å². The summed E-state index contributed by atoms with van der Waals surface area (Å²) in [5.41, 5.74) is 0.285. The quantitative estimate of drug-likeness (QED) is 0.0837. The minimum atomic E-state index is -3.36. The second kappa shape index (κ2) is 28.4. The van der Waals surface area contributed by atoms with Crippen LogP contribution in [-0.2, 0) is 58.4 Å². The van der Waals surface area contributed by atoms with Gasteiger partial charge in [0, 0.05) is 49.1 Å². The summed E-state index contributed by atoms with van der Waals surface area (Å²) in [6, 6.07) is 4.69. The molecule has 4 atom stereocenters. The number of carbonyl (C=O) groups is 6. The number of benzene rings is 2. The Hall–Kier alpha value is -6.57. The Morgan fingerprint density at radius 1 is 0.933 bits per heavy atom. The molecular weight excluding hydrogens is 1010 g/mol. The van der Waals surface area contributed by atoms with E-state index in [2.05, 4.69) is 35.6 Å². The van der Waals surface area contributed by atoms with Crippen molar-refractivity contribution in [3.63, 3.8) is 0 Å². The lowest BCUT2D eigenvalue weighted by molar-refractivity contribution is -0.146. The monoisotopic (exact) mass is 1070 g/mol. The van der Waals surface area contributed by atoms with Gasteiger partial charge in [0.2, 0.25) is 23.7 Å². The van der Waals surface area contributed by atoms with Crippen molar-refractivity contribution in [3.05, 3.63) is 59.8 Å². The molecule has 0 saturated carbocycles. The van der Waals surface area contributed by atoms with Gasteiger partial charge >= 0.3 is 12.1 Å². The first-order chi connectivity index (χ1) is 35.6. The Bertz CT molecular complexity index is 2610. The molecule has 1 saturated heterocycles. The maximum Gasteiger partial charge on any atom is 0.407 e. The van der Waals surface area contributed by atoms with E-state index in [-0.39, 0.29) is 107 Å². The maximum atomic E-state index is 15.1. The number of halogens is 2. The molecule has 22 nitrogen and oxygen atoms in total. The second-order valence-corrected chi connectivity index (χ2v) is 21.5. The number of alkyl carbamates (subject to hydrolysis) is 1. The van der Waals surface area contributed by atoms with Gasteiger partial charge in [-0.1, -0.05) is 13.8 Å². The molecule has 412 valence electrons. The van der Waals surface area contributed by atoms with Crippen LogP contribution in [0.5, 0.6) is 11.5 Å². The number of likely N-dealkylation sites (tertiary alicyclic amines) is 1. The molecule has 5 rings (SSSR count). The van der Waals surface area contributed by atoms with Gasteiger partial charge in [-0.05, 0) is 82.2 Å². The molecule has 3 heterocycles. The highest BCUT2D eigenvalue weighted by Crippen LogP contribution is 2.33. The first-order valence-electron chi connectivity index (χ1n) is 24.6. The summed E-state index contributed by atoms with van der Waals surface area (Å²) in [5.74, 6) is -6.11. The Morgan fingerprint density at radius 2 is 1.63 bits per heavy atom. The van der Waals surface area contributed by atoms with Crippen molar-refractivity contribution in [1.82, 2.24) is 30.8 Å². The van der Waals surface area contributed by atoms with Crippen LogP contribution >= 0.6 is 0 Å². The number of carboxylic acids is 1. The zero-order valence-electron chi connectivity index (χ0n) is 43.1. The molecule has 1 fully saturated rings. The lowest BCUT2D eigenvalue weighted by Crippen LogP contribution is -2.56. The van der Waals surface area contributed by atoms with Crippen LogP contribution in [0.4, 0.5) is 25.2 Å². The normalized spacial score (nSPS) is 16.2. The van der Waals surface area contributed by atoms with Gasteiger partial charge in [0.05, 0.1) is 81.0 Å². The largest absolute Gasteiger partial charge is 0.494 e. The van der Waals surface area contributed by atoms with E-state index in [1.165, 1.54) is 23.3 Å². The Morgan fingerprint density at radius 3 is 2.32 bits per heavy atom. The molecule has 3 aromatic rings. The fourth-order valence-electron chi connectivity index (χ4n) is 7.77. The van der Waals surface area contributed by atoms with Crippen LogP contribution < -0.4 is 30.7 Å². The van der Waals surface area contributed by atoms with E-state index in [1.807, 2.05) is 0 Å². The summed E-state index contributed by atoms with van der Waals surface area (Å²) in [6.45, 7) is 10.4. The second-order valence-electron chi connectivity index (χ2n) is 19.1. The van der Waals surface area contributed by atoms with E-state index in [4.69, 9.17) is 28.4 Å². The standard InChI is InChI=1S/C50H68F2N8O14S/c1-31(2)43(46(65)59-75(6,68)30-32-24-34-27-35(25-32)72-16-7-8-17-73-40-26-33(51)11-12-36(40)44-37(52)29-54-48(55-34)58-44)57-45(64)39-10-9-15-60(39)47(66)38(28-42(62)63)56-41(61)13-18-69-20-22-71-23-21-70-19-14-53-49(67)74-50(3,4)5/h11-12,24-27,29,31,38-39,43H,7-10,13-23,28,30H2,1-6H3,(H,53,67)(H,56,61)(H,57,64)(H,62,63)(H,54,55,58)/t38-,39-,43-,75+/m0/s1. The van der Waals surface area contributed by atoms with Gasteiger partial charge in [-0.3, -0.25) is 24.0 Å². The van der Waals surface area contributed by atoms with E-state index >= 15 is 4.39 Å². The van der Waals surface area contributed by atoms with E-state index in [1.54, 1.807) is 52.8 Å². The zero-order chi connectivity index (χ0) is 54.7. The molecule has 0 radical (unpaired) electrons. The first kappa shape index (κ1) is 59.3. The van der Waals surface area contributed by atoms with E-state index in [9.17, 15) is 42.5 Å². The average Bonchev–Trinajstić information content (AvgIpc) is 3.81. The molecule has 1 aromatic heterocycles. The highest BCUT2D eigenvalue weighted by molar-refractivity contribution is 7.92. The topological polar surface area (TPSA) is 285 Å². The molecule has 5 N–H and O–H groups in total. The molecule has 75 heavy (non-hydrogen) atoms. The fraction of sp³-hybridized carbons (Fsp3) is 0.560. The molecular formula is C50H68F2N8O14S. The van der Waals surface area contributed by atoms with Crippen LogP contribution in [0, 0.1) is 17.6 Å². The number of rotatable bonds is 22. The predicted molar refractivity (Wildman–Crippen MR) is 270 cm³/mol. The van der Waals surface area contributed by atoms with Crippen molar-refractivity contribution in [2.75, 3.05) is 77.5 Å². The van der Waals surface area contributed by atoms with Gasteiger partial charge in [-0.15, -0.1) is 0 Å². The molecule has 0 unspecified atom stereocenters. The molecule has 5 amide bonds. The number of nitrogens with one attached hydrogen (secondary N) is 4. The number of anilines is 2. The molecule has 0 aliphatic carbocycles. The molecule has 2 aliphatic rings. The molecule has 25 heteroatoms. The van der Waals surface area contributed by atoms with Crippen molar-refractivity contribution in [3.8, 4) is 22.8 Å².